The Kier molecular flexibility index (Phi) is 23.2. The number of halogens is 1. The van der Waals surface area contributed by atoms with E-state index in [0.717, 1.165) is 30.5 Å². The minimum atomic E-state index is -1.95. The fourth-order valence-electron chi connectivity index (χ4n) is 12.9. The Bertz CT molecular complexity index is 2510. The molecule has 22 nitrogen and oxygen atoms in total. The average Bonchev–Trinajstić information content (AvgIpc) is 4.06. The van der Waals surface area contributed by atoms with Crippen LogP contribution in [0.1, 0.15) is 131 Å². The number of benzene rings is 1. The SMILES string of the molecule is CC[C@H]1OC(=O)[C@H](C)[C@@H](O[C@H]2C[C@@](C)(OC)[C@@H](O)[C@H](C)O2)[C@H](C)[C@@H](O[C@@H]2O[C@H](C)C[C@H](N(C)CCc3cn([C@H](CF)[C@H](OC)c4ccc(-c5cnccn5)cc4)nn3)[C@H]2O)[C@](C)(OC)C[C@@H](C)/C(=N\O[C@@H]2CCCNC2)[C@H](C)[C@@H](O)[C@]1(C)O. The van der Waals surface area contributed by atoms with E-state index in [1.807, 2.05) is 63.9 Å². The topological polar surface area (TPSA) is 265 Å². The molecular weight excluding hydrogens is 1080 g/mol. The van der Waals surface area contributed by atoms with Gasteiger partial charge in [0.25, 0.3) is 0 Å². The first-order chi connectivity index (χ1) is 39.4. The monoisotopic (exact) mass is 1170 g/mol. The molecule has 0 spiro atoms. The highest BCUT2D eigenvalue weighted by atomic mass is 19.1. The summed E-state index contributed by atoms with van der Waals surface area (Å²) in [6, 6.07) is 6.24. The first-order valence-electron chi connectivity index (χ1n) is 29.6. The molecule has 4 aliphatic rings. The second kappa shape index (κ2) is 29.0. The van der Waals surface area contributed by atoms with Gasteiger partial charge in [0, 0.05) is 95.2 Å². The number of carbonyl (C=O) groups excluding carboxylic acids is 1. The lowest BCUT2D eigenvalue weighted by Gasteiger charge is -2.50. The van der Waals surface area contributed by atoms with Crippen molar-refractivity contribution in [1.29, 1.82) is 0 Å². The van der Waals surface area contributed by atoms with Crippen LogP contribution in [0.4, 0.5) is 4.39 Å². The van der Waals surface area contributed by atoms with Gasteiger partial charge >= 0.3 is 5.97 Å². The van der Waals surface area contributed by atoms with Crippen LogP contribution in [0, 0.1) is 23.7 Å². The lowest BCUT2D eigenvalue weighted by Crippen LogP contribution is -2.61. The highest BCUT2D eigenvalue weighted by Gasteiger charge is 2.54. The van der Waals surface area contributed by atoms with E-state index in [0.29, 0.717) is 43.0 Å². The van der Waals surface area contributed by atoms with Gasteiger partial charge in [-0.3, -0.25) is 14.8 Å². The summed E-state index contributed by atoms with van der Waals surface area (Å²) in [5.41, 5.74) is -0.945. The number of nitrogens with zero attached hydrogens (tertiary/aromatic N) is 7. The van der Waals surface area contributed by atoms with Gasteiger partial charge in [-0.05, 0) is 92.8 Å². The number of rotatable bonds is 19. The number of methoxy groups -OCH3 is 3. The van der Waals surface area contributed by atoms with Crippen LogP contribution in [0.15, 0.2) is 54.2 Å². The van der Waals surface area contributed by atoms with E-state index >= 15 is 4.39 Å². The summed E-state index contributed by atoms with van der Waals surface area (Å²) in [6.07, 6.45) is -1.68. The Balaban J connectivity index is 1.19. The predicted octanol–water partition coefficient (Wildman–Crippen LogP) is 5.55. The van der Waals surface area contributed by atoms with Crippen LogP contribution in [0.25, 0.3) is 11.3 Å². The zero-order valence-corrected chi connectivity index (χ0v) is 51.2. The summed E-state index contributed by atoms with van der Waals surface area (Å²) < 4.78 is 68.2. The van der Waals surface area contributed by atoms with Crippen molar-refractivity contribution in [2.45, 2.75) is 217 Å². The summed E-state index contributed by atoms with van der Waals surface area (Å²) in [5, 5.41) is 65.3. The maximum atomic E-state index is 15.0. The summed E-state index contributed by atoms with van der Waals surface area (Å²) in [6.45, 7) is 18.9. The van der Waals surface area contributed by atoms with E-state index < -0.39 is 133 Å². The Hall–Kier alpha value is -4.21. The number of hydrogen-bond donors (Lipinski definition) is 5. The van der Waals surface area contributed by atoms with Crippen LogP contribution in [-0.4, -0.2) is 207 Å². The molecule has 0 radical (unpaired) electrons. The zero-order valence-electron chi connectivity index (χ0n) is 51.2. The lowest BCUT2D eigenvalue weighted by molar-refractivity contribution is -0.319. The lowest BCUT2D eigenvalue weighted by atomic mass is 9.73. The van der Waals surface area contributed by atoms with Crippen molar-refractivity contribution in [2.75, 3.05) is 54.7 Å². The van der Waals surface area contributed by atoms with Crippen molar-refractivity contribution in [3.63, 3.8) is 0 Å². The third-order valence-corrected chi connectivity index (χ3v) is 18.2. The van der Waals surface area contributed by atoms with Crippen LogP contribution in [-0.2, 0) is 53.9 Å². The summed E-state index contributed by atoms with van der Waals surface area (Å²) >= 11 is 0. The Morgan fingerprint density at radius 2 is 1.67 bits per heavy atom. The molecular formula is C60H95FN8O14. The molecule has 7 rings (SSSR count). The second-order valence-corrected chi connectivity index (χ2v) is 24.4. The van der Waals surface area contributed by atoms with Gasteiger partial charge < -0.3 is 73.4 Å². The molecule has 0 saturated carbocycles. The van der Waals surface area contributed by atoms with E-state index in [1.165, 1.54) is 25.8 Å². The molecule has 4 saturated heterocycles. The summed E-state index contributed by atoms with van der Waals surface area (Å²) in [7, 11) is 6.52. The van der Waals surface area contributed by atoms with Gasteiger partial charge in [0.2, 0.25) is 0 Å². The summed E-state index contributed by atoms with van der Waals surface area (Å²) in [4.78, 5) is 31.6. The normalized spacial score (nSPS) is 38.3. The number of nitrogens with one attached hydrogen (secondary N) is 1. The molecule has 4 fully saturated rings. The minimum absolute atomic E-state index is 0.0911. The van der Waals surface area contributed by atoms with Crippen molar-refractivity contribution < 1.29 is 72.3 Å². The molecule has 6 heterocycles. The number of hydrogen-bond acceptors (Lipinski definition) is 21. The van der Waals surface area contributed by atoms with Gasteiger partial charge in [0.15, 0.2) is 12.6 Å². The maximum Gasteiger partial charge on any atom is 0.311 e. The fourth-order valence-corrected chi connectivity index (χ4v) is 12.9. The number of ether oxygens (including phenoxy) is 8. The van der Waals surface area contributed by atoms with Crippen molar-refractivity contribution in [3.05, 3.63) is 60.3 Å². The molecule has 1 aromatic carbocycles. The van der Waals surface area contributed by atoms with Crippen LogP contribution in [0.2, 0.25) is 0 Å². The molecule has 23 heteroatoms. The van der Waals surface area contributed by atoms with Crippen molar-refractivity contribution in [2.24, 2.45) is 28.8 Å². The van der Waals surface area contributed by atoms with E-state index in [9.17, 15) is 25.2 Å². The van der Waals surface area contributed by atoms with Crippen LogP contribution in [0.5, 0.6) is 0 Å². The minimum Gasteiger partial charge on any atom is -0.459 e. The first kappa shape index (κ1) is 66.3. The number of aliphatic hydroxyl groups is 4. The molecule has 0 amide bonds. The number of carbonyl (C=O) groups is 1. The Morgan fingerprint density at radius 1 is 0.952 bits per heavy atom. The van der Waals surface area contributed by atoms with Crippen LogP contribution >= 0.6 is 0 Å². The van der Waals surface area contributed by atoms with E-state index in [2.05, 4.69) is 25.6 Å². The average molecular weight is 1170 g/mol. The Labute approximate surface area is 489 Å². The molecule has 3 aromatic rings. The third-order valence-electron chi connectivity index (χ3n) is 18.2. The van der Waals surface area contributed by atoms with E-state index in [-0.39, 0.29) is 25.4 Å². The van der Waals surface area contributed by atoms with Gasteiger partial charge in [-0.25, -0.2) is 9.07 Å². The number of alkyl halides is 1. The molecule has 5 N–H and O–H groups in total. The number of piperidine rings is 1. The molecule has 21 atom stereocenters. The van der Waals surface area contributed by atoms with Crippen molar-refractivity contribution in [3.8, 4) is 11.3 Å². The number of likely N-dealkylation sites (N-methyl/N-ethyl adjacent to an activating group) is 1. The third kappa shape index (κ3) is 15.3. The summed E-state index contributed by atoms with van der Waals surface area (Å²) in [5.74, 6) is -3.88. The molecule has 4 aliphatic heterocycles. The van der Waals surface area contributed by atoms with Gasteiger partial charge in [-0.2, -0.15) is 0 Å². The Morgan fingerprint density at radius 3 is 2.30 bits per heavy atom. The first-order valence-corrected chi connectivity index (χ1v) is 29.6. The number of oxime groups is 1. The fraction of sp³-hybridized carbons (Fsp3) is 0.767. The maximum absolute atomic E-state index is 15.0. The smallest absolute Gasteiger partial charge is 0.311 e. The standard InChI is InChI=1S/C60H95FN8O14/c1-15-47-60(10,74)53(71)36(4)49(66-83-43-17-16-23-62-31-43)34(2)28-59(9,77-14)55(37(5)51(38(6)56(73)80-47)81-48-29-58(8,76-13)54(72)39(7)79-48)82-57-50(70)45(27-35(3)78-57)68(11)26-22-42-33-69(67-65-42)46(30-61)52(75-12)41-20-18-40(19-21-41)44-32-63-24-25-64-44/h18-21,24-25,32-39,43,45-48,50-55,57,62,70-72,74H,15-17,22-23,26-31H2,1-14H3/b66-49+/t34-,35-,36+,37+,38-,39+,43-,45+,46-,47-,48+,50-,51+,52-,53-,54+,55-,57+,58-,59-,60-/m1/s1. The van der Waals surface area contributed by atoms with Gasteiger partial charge in [0.1, 0.15) is 48.8 Å². The number of esters is 1. The molecule has 83 heavy (non-hydrogen) atoms. The van der Waals surface area contributed by atoms with Gasteiger partial charge in [-0.15, -0.1) is 5.10 Å². The second-order valence-electron chi connectivity index (χ2n) is 24.4. The van der Waals surface area contributed by atoms with Gasteiger partial charge in [0.05, 0.1) is 70.9 Å². The molecule has 2 aromatic heterocycles. The molecule has 0 unspecified atom stereocenters. The molecule has 0 bridgehead atoms. The number of aliphatic hydroxyl groups excluding tert-OH is 3. The van der Waals surface area contributed by atoms with Crippen LogP contribution in [0.3, 0.4) is 0 Å². The number of aromatic nitrogens is 5. The van der Waals surface area contributed by atoms with Crippen molar-refractivity contribution in [1.82, 2.24) is 35.2 Å². The predicted molar refractivity (Wildman–Crippen MR) is 305 cm³/mol. The van der Waals surface area contributed by atoms with Crippen LogP contribution < -0.4 is 5.32 Å². The largest absolute Gasteiger partial charge is 0.459 e. The van der Waals surface area contributed by atoms with E-state index in [1.54, 1.807) is 66.5 Å². The zero-order chi connectivity index (χ0) is 60.6. The number of cyclic esters (lactones) is 1. The highest BCUT2D eigenvalue weighted by Crippen LogP contribution is 2.43. The van der Waals surface area contributed by atoms with Crippen molar-refractivity contribution >= 4 is 11.7 Å². The quantitative estimate of drug-likeness (QED) is 0.0727. The van der Waals surface area contributed by atoms with E-state index in [4.69, 9.17) is 47.9 Å². The highest BCUT2D eigenvalue weighted by molar-refractivity contribution is 5.89. The molecule has 0 aliphatic carbocycles. The molecule has 466 valence electrons. The van der Waals surface area contributed by atoms with Gasteiger partial charge in [-0.1, -0.05) is 62.3 Å².